The summed E-state index contributed by atoms with van der Waals surface area (Å²) in [4.78, 5) is 37.2. The molecule has 1 aliphatic heterocycles. The number of carbonyl (C=O) groups is 3. The highest BCUT2D eigenvalue weighted by molar-refractivity contribution is 6.53. The second-order valence-electron chi connectivity index (χ2n) is 5.96. The first-order valence-corrected chi connectivity index (χ1v) is 7.64. The summed E-state index contributed by atoms with van der Waals surface area (Å²) in [6.45, 7) is 0. The van der Waals surface area contributed by atoms with Crippen molar-refractivity contribution in [3.8, 4) is 0 Å². The van der Waals surface area contributed by atoms with Crippen molar-refractivity contribution in [2.75, 3.05) is 0 Å². The van der Waals surface area contributed by atoms with Gasteiger partial charge in [-0.15, -0.1) is 0 Å². The molecule has 4 rings (SSSR count). The lowest BCUT2D eigenvalue weighted by atomic mass is 9.75. The fraction of sp³-hybridized carbons (Fsp3) is 0.105. The molecule has 2 aromatic carbocycles. The molecule has 1 unspecified atom stereocenters. The highest BCUT2D eigenvalue weighted by Crippen LogP contribution is 2.41. The topological polar surface area (TPSA) is 63.2 Å². The molecule has 0 bridgehead atoms. The molecule has 1 heterocycles. The summed E-state index contributed by atoms with van der Waals surface area (Å²) in [6, 6.07) is 9.40. The molecule has 25 heavy (non-hydrogen) atoms. The molecule has 0 spiro atoms. The molecule has 124 valence electrons. The second-order valence-corrected chi connectivity index (χ2v) is 5.96. The first-order chi connectivity index (χ1) is 12.0. The molecule has 6 heteroatoms. The summed E-state index contributed by atoms with van der Waals surface area (Å²) in [5.41, 5.74) is 0.928. The maximum atomic E-state index is 14.3. The van der Waals surface area contributed by atoms with E-state index in [1.54, 1.807) is 18.2 Å². The quantitative estimate of drug-likeness (QED) is 0.813. The number of ketones is 2. The van der Waals surface area contributed by atoms with E-state index in [-0.39, 0.29) is 28.8 Å². The summed E-state index contributed by atoms with van der Waals surface area (Å²) in [7, 11) is 0. The third-order valence-corrected chi connectivity index (χ3v) is 4.50. The standard InChI is InChI=1S/C19H11F2NO3/c20-9-5-6-10(14(21)7-9)13-8-15(23)22-17-11-3-1-2-4-12(11)18(24)19(25)16(13)17/h1-7,13H,8H2,(H,22,23). The van der Waals surface area contributed by atoms with Crippen LogP contribution in [-0.4, -0.2) is 17.5 Å². The normalized spacial score (nSPS) is 19.4. The Kier molecular flexibility index (Phi) is 3.35. The molecular formula is C19H11F2NO3. The molecule has 0 fully saturated rings. The maximum Gasteiger partial charge on any atom is 0.233 e. The summed E-state index contributed by atoms with van der Waals surface area (Å²) in [5.74, 6) is -4.42. The van der Waals surface area contributed by atoms with Gasteiger partial charge in [-0.3, -0.25) is 14.4 Å². The SMILES string of the molecule is O=C1CC(c2ccc(F)cc2F)C2=C(N1)c1ccccc1C(=O)C2=O. The number of halogens is 2. The van der Waals surface area contributed by atoms with Gasteiger partial charge < -0.3 is 5.32 Å². The molecule has 2 aromatic rings. The number of allylic oxidation sites excluding steroid dienone is 1. The van der Waals surface area contributed by atoms with Crippen molar-refractivity contribution < 1.29 is 23.2 Å². The maximum absolute atomic E-state index is 14.3. The van der Waals surface area contributed by atoms with Gasteiger partial charge in [0.2, 0.25) is 17.5 Å². The summed E-state index contributed by atoms with van der Waals surface area (Å²) < 4.78 is 27.5. The van der Waals surface area contributed by atoms with E-state index in [2.05, 4.69) is 5.32 Å². The van der Waals surface area contributed by atoms with Crippen LogP contribution in [0.3, 0.4) is 0 Å². The van der Waals surface area contributed by atoms with Gasteiger partial charge in [-0.05, 0) is 11.6 Å². The highest BCUT2D eigenvalue weighted by Gasteiger charge is 2.41. The van der Waals surface area contributed by atoms with Crippen molar-refractivity contribution in [3.63, 3.8) is 0 Å². The molecule has 1 N–H and O–H groups in total. The van der Waals surface area contributed by atoms with Crippen LogP contribution in [0.25, 0.3) is 5.70 Å². The van der Waals surface area contributed by atoms with Crippen LogP contribution in [0, 0.1) is 11.6 Å². The van der Waals surface area contributed by atoms with Crippen molar-refractivity contribution in [1.82, 2.24) is 5.32 Å². The van der Waals surface area contributed by atoms with Crippen molar-refractivity contribution in [2.45, 2.75) is 12.3 Å². The first-order valence-electron chi connectivity index (χ1n) is 7.64. The highest BCUT2D eigenvalue weighted by atomic mass is 19.1. The number of benzene rings is 2. The number of rotatable bonds is 1. The number of Topliss-reactive ketones (excluding diaryl/α,β-unsaturated/α-hetero) is 2. The summed E-state index contributed by atoms with van der Waals surface area (Å²) >= 11 is 0. The van der Waals surface area contributed by atoms with E-state index in [9.17, 15) is 23.2 Å². The Morgan fingerprint density at radius 1 is 0.920 bits per heavy atom. The number of hydrogen-bond donors (Lipinski definition) is 1. The molecule has 1 amide bonds. The van der Waals surface area contributed by atoms with E-state index in [0.717, 1.165) is 6.07 Å². The zero-order valence-electron chi connectivity index (χ0n) is 12.8. The van der Waals surface area contributed by atoms with Crippen molar-refractivity contribution in [3.05, 3.63) is 76.4 Å². The Morgan fingerprint density at radius 2 is 1.64 bits per heavy atom. The molecule has 2 aliphatic rings. The van der Waals surface area contributed by atoms with Gasteiger partial charge in [-0.2, -0.15) is 0 Å². The Balaban J connectivity index is 1.97. The molecule has 1 atom stereocenters. The number of hydrogen-bond acceptors (Lipinski definition) is 3. The second kappa shape index (κ2) is 5.44. The van der Waals surface area contributed by atoms with Crippen LogP contribution >= 0.6 is 0 Å². The smallest absolute Gasteiger partial charge is 0.233 e. The average molecular weight is 339 g/mol. The molecule has 4 nitrogen and oxygen atoms in total. The van der Waals surface area contributed by atoms with Gasteiger partial charge in [-0.25, -0.2) is 8.78 Å². The monoisotopic (exact) mass is 339 g/mol. The fourth-order valence-electron chi connectivity index (χ4n) is 3.40. The molecule has 0 saturated heterocycles. The van der Waals surface area contributed by atoms with Gasteiger partial charge in [-0.1, -0.05) is 30.3 Å². The first kappa shape index (κ1) is 15.4. The van der Waals surface area contributed by atoms with E-state index < -0.39 is 35.0 Å². The Labute approximate surface area is 141 Å². The van der Waals surface area contributed by atoms with Gasteiger partial charge in [0.25, 0.3) is 0 Å². The number of carbonyl (C=O) groups excluding carboxylic acids is 3. The van der Waals surface area contributed by atoms with E-state index in [4.69, 9.17) is 0 Å². The van der Waals surface area contributed by atoms with Crippen LogP contribution in [0.15, 0.2) is 48.0 Å². The third-order valence-electron chi connectivity index (χ3n) is 4.50. The van der Waals surface area contributed by atoms with Gasteiger partial charge >= 0.3 is 0 Å². The summed E-state index contributed by atoms with van der Waals surface area (Å²) in [5, 5.41) is 2.63. The fourth-order valence-corrected chi connectivity index (χ4v) is 3.40. The lowest BCUT2D eigenvalue weighted by molar-refractivity contribution is -0.120. The zero-order valence-corrected chi connectivity index (χ0v) is 12.8. The van der Waals surface area contributed by atoms with Gasteiger partial charge in [0, 0.05) is 35.1 Å². The van der Waals surface area contributed by atoms with E-state index in [1.807, 2.05) is 0 Å². The Morgan fingerprint density at radius 3 is 2.36 bits per heavy atom. The summed E-state index contributed by atoms with van der Waals surface area (Å²) in [6.07, 6.45) is -0.192. The lowest BCUT2D eigenvalue weighted by Crippen LogP contribution is -2.39. The van der Waals surface area contributed by atoms with E-state index >= 15 is 0 Å². The van der Waals surface area contributed by atoms with Gasteiger partial charge in [0.05, 0.1) is 5.70 Å². The minimum atomic E-state index is -0.936. The van der Waals surface area contributed by atoms with Crippen molar-refractivity contribution in [1.29, 1.82) is 0 Å². The minimum absolute atomic E-state index is 0.0179. The molecule has 0 saturated carbocycles. The molecule has 0 aromatic heterocycles. The van der Waals surface area contributed by atoms with Crippen LogP contribution in [0.1, 0.15) is 33.8 Å². The largest absolute Gasteiger partial charge is 0.325 e. The third kappa shape index (κ3) is 2.29. The van der Waals surface area contributed by atoms with Crippen LogP contribution in [0.5, 0.6) is 0 Å². The zero-order chi connectivity index (χ0) is 17.7. The number of amides is 1. The van der Waals surface area contributed by atoms with E-state index in [0.29, 0.717) is 11.6 Å². The van der Waals surface area contributed by atoms with Gasteiger partial charge in [0.15, 0.2) is 0 Å². The predicted molar refractivity (Wildman–Crippen MR) is 84.6 cm³/mol. The molecule has 0 radical (unpaired) electrons. The molecule has 1 aliphatic carbocycles. The Bertz CT molecular complexity index is 994. The van der Waals surface area contributed by atoms with Crippen molar-refractivity contribution in [2.24, 2.45) is 0 Å². The lowest BCUT2D eigenvalue weighted by Gasteiger charge is -2.31. The molecular weight excluding hydrogens is 328 g/mol. The number of nitrogens with one attached hydrogen (secondary N) is 1. The number of fused-ring (bicyclic) bond motifs is 2. The van der Waals surface area contributed by atoms with Crippen LogP contribution in [-0.2, 0) is 9.59 Å². The minimum Gasteiger partial charge on any atom is -0.325 e. The predicted octanol–water partition coefficient (Wildman–Crippen LogP) is 2.75. The van der Waals surface area contributed by atoms with Gasteiger partial charge in [0.1, 0.15) is 11.6 Å². The van der Waals surface area contributed by atoms with Crippen LogP contribution in [0.2, 0.25) is 0 Å². The van der Waals surface area contributed by atoms with Crippen LogP contribution in [0.4, 0.5) is 8.78 Å². The van der Waals surface area contributed by atoms with Crippen LogP contribution < -0.4 is 5.32 Å². The van der Waals surface area contributed by atoms with E-state index in [1.165, 1.54) is 12.1 Å². The average Bonchev–Trinajstić information content (AvgIpc) is 2.59. The Hall–Kier alpha value is -3.15. The van der Waals surface area contributed by atoms with Crippen molar-refractivity contribution >= 4 is 23.2 Å².